The number of furan rings is 1. The number of benzene rings is 2. The predicted octanol–water partition coefficient (Wildman–Crippen LogP) is 3.41. The van der Waals surface area contributed by atoms with Gasteiger partial charge < -0.3 is 33.8 Å². The zero-order chi connectivity index (χ0) is 24.0. The average Bonchev–Trinajstić information content (AvgIpc) is 3.33. The molecule has 0 bridgehead atoms. The van der Waals surface area contributed by atoms with Gasteiger partial charge in [-0.2, -0.15) is 0 Å². The van der Waals surface area contributed by atoms with Crippen LogP contribution in [0.15, 0.2) is 52.9 Å². The Labute approximate surface area is 190 Å². The van der Waals surface area contributed by atoms with Crippen LogP contribution in [0.1, 0.15) is 16.1 Å². The van der Waals surface area contributed by atoms with E-state index in [0.717, 1.165) is 0 Å². The molecule has 2 N–H and O–H groups in total. The number of carboxylic acid groups (broad SMARTS) is 1. The Balaban J connectivity index is 1.79. The maximum absolute atomic E-state index is 12.7. The molecule has 0 saturated heterocycles. The highest BCUT2D eigenvalue weighted by atomic mass is 16.5. The van der Waals surface area contributed by atoms with Crippen molar-refractivity contribution in [3.8, 4) is 34.3 Å². The van der Waals surface area contributed by atoms with Gasteiger partial charge >= 0.3 is 5.97 Å². The number of hydrogen-bond acceptors (Lipinski definition) is 7. The molecule has 0 aliphatic heterocycles. The smallest absolute Gasteiger partial charge is 0.326 e. The number of methoxy groups -OCH3 is 4. The lowest BCUT2D eigenvalue weighted by molar-refractivity contribution is -0.139. The highest BCUT2D eigenvalue weighted by Crippen LogP contribution is 2.34. The van der Waals surface area contributed by atoms with Crippen molar-refractivity contribution in [3.05, 3.63) is 59.9 Å². The normalized spacial score (nSPS) is 11.4. The standard InChI is InChI=1S/C24H25NO8/c1-29-15-6-8-18(30-2)16(13-15)19-9-10-21(33-19)23(26)25-17(24(27)28)11-14-5-7-20(31-3)22(12-14)32-4/h5-10,12-13,17H,11H2,1-4H3,(H,25,26)(H,27,28)/t17-/m0/s1. The van der Waals surface area contributed by atoms with Crippen LogP contribution in [0, 0.1) is 0 Å². The number of carbonyl (C=O) groups is 2. The molecule has 1 amide bonds. The van der Waals surface area contributed by atoms with E-state index < -0.39 is 17.9 Å². The summed E-state index contributed by atoms with van der Waals surface area (Å²) in [4.78, 5) is 24.5. The molecule has 1 aromatic heterocycles. The van der Waals surface area contributed by atoms with Crippen molar-refractivity contribution in [1.82, 2.24) is 5.32 Å². The molecular formula is C24H25NO8. The van der Waals surface area contributed by atoms with E-state index in [1.807, 2.05) is 0 Å². The van der Waals surface area contributed by atoms with Gasteiger partial charge in [-0.05, 0) is 48.0 Å². The Bertz CT molecular complexity index is 1140. The van der Waals surface area contributed by atoms with Crippen LogP contribution in [0.2, 0.25) is 0 Å². The van der Waals surface area contributed by atoms with E-state index in [1.165, 1.54) is 34.5 Å². The minimum Gasteiger partial charge on any atom is -0.497 e. The van der Waals surface area contributed by atoms with Crippen molar-refractivity contribution in [2.24, 2.45) is 0 Å². The molecule has 0 spiro atoms. The second-order valence-corrected chi connectivity index (χ2v) is 6.99. The SMILES string of the molecule is COc1ccc(OC)c(-c2ccc(C(=O)N[C@@H](Cc3ccc(OC)c(OC)c3)C(=O)O)o2)c1. The van der Waals surface area contributed by atoms with Crippen LogP contribution in [0.5, 0.6) is 23.0 Å². The Hall–Kier alpha value is -4.14. The molecule has 3 aromatic rings. The summed E-state index contributed by atoms with van der Waals surface area (Å²) in [5.74, 6) is 0.621. The lowest BCUT2D eigenvalue weighted by Crippen LogP contribution is -2.42. The molecule has 0 saturated carbocycles. The second-order valence-electron chi connectivity index (χ2n) is 6.99. The Morgan fingerprint density at radius 2 is 1.58 bits per heavy atom. The predicted molar refractivity (Wildman–Crippen MR) is 119 cm³/mol. The Morgan fingerprint density at radius 3 is 2.21 bits per heavy atom. The van der Waals surface area contributed by atoms with E-state index in [-0.39, 0.29) is 12.2 Å². The third-order valence-corrected chi connectivity index (χ3v) is 4.99. The lowest BCUT2D eigenvalue weighted by atomic mass is 10.0. The molecule has 1 heterocycles. The molecule has 0 fully saturated rings. The molecule has 0 unspecified atom stereocenters. The van der Waals surface area contributed by atoms with Gasteiger partial charge in [-0.25, -0.2) is 4.79 Å². The van der Waals surface area contributed by atoms with E-state index in [1.54, 1.807) is 42.5 Å². The summed E-state index contributed by atoms with van der Waals surface area (Å²) in [6.07, 6.45) is 0.0404. The highest BCUT2D eigenvalue weighted by molar-refractivity contribution is 5.95. The molecule has 0 aliphatic rings. The number of hydrogen-bond donors (Lipinski definition) is 2. The van der Waals surface area contributed by atoms with Gasteiger partial charge in [-0.15, -0.1) is 0 Å². The first kappa shape index (κ1) is 23.5. The van der Waals surface area contributed by atoms with Gasteiger partial charge in [0.2, 0.25) is 0 Å². The van der Waals surface area contributed by atoms with Crippen LogP contribution in [0.4, 0.5) is 0 Å². The second kappa shape index (κ2) is 10.4. The largest absolute Gasteiger partial charge is 0.497 e. The number of nitrogens with one attached hydrogen (secondary N) is 1. The first-order valence-corrected chi connectivity index (χ1v) is 9.97. The molecule has 3 rings (SSSR count). The van der Waals surface area contributed by atoms with E-state index in [0.29, 0.717) is 39.9 Å². The van der Waals surface area contributed by atoms with Crippen LogP contribution in [0.3, 0.4) is 0 Å². The van der Waals surface area contributed by atoms with Gasteiger partial charge in [0.05, 0.1) is 34.0 Å². The Morgan fingerprint density at radius 1 is 0.879 bits per heavy atom. The summed E-state index contributed by atoms with van der Waals surface area (Å²) in [5, 5.41) is 12.1. The van der Waals surface area contributed by atoms with Gasteiger partial charge in [0.15, 0.2) is 17.3 Å². The summed E-state index contributed by atoms with van der Waals surface area (Å²) in [5.41, 5.74) is 1.25. The fourth-order valence-electron chi connectivity index (χ4n) is 3.28. The third kappa shape index (κ3) is 5.38. The van der Waals surface area contributed by atoms with Crippen molar-refractivity contribution >= 4 is 11.9 Å². The summed E-state index contributed by atoms with van der Waals surface area (Å²) in [6.45, 7) is 0. The molecule has 2 aromatic carbocycles. The fourth-order valence-corrected chi connectivity index (χ4v) is 3.28. The monoisotopic (exact) mass is 455 g/mol. The quantitative estimate of drug-likeness (QED) is 0.478. The van der Waals surface area contributed by atoms with Crippen molar-refractivity contribution in [1.29, 1.82) is 0 Å². The van der Waals surface area contributed by atoms with Crippen molar-refractivity contribution in [2.75, 3.05) is 28.4 Å². The fraction of sp³-hybridized carbons (Fsp3) is 0.250. The number of carboxylic acids is 1. The molecule has 9 nitrogen and oxygen atoms in total. The van der Waals surface area contributed by atoms with Crippen molar-refractivity contribution in [2.45, 2.75) is 12.5 Å². The van der Waals surface area contributed by atoms with E-state index in [9.17, 15) is 14.7 Å². The van der Waals surface area contributed by atoms with Gasteiger partial charge in [0, 0.05) is 6.42 Å². The minimum absolute atomic E-state index is 0.0339. The van der Waals surface area contributed by atoms with E-state index >= 15 is 0 Å². The molecule has 174 valence electrons. The maximum Gasteiger partial charge on any atom is 0.326 e. The minimum atomic E-state index is -1.18. The lowest BCUT2D eigenvalue weighted by Gasteiger charge is -2.15. The van der Waals surface area contributed by atoms with Crippen LogP contribution < -0.4 is 24.3 Å². The third-order valence-electron chi connectivity index (χ3n) is 4.99. The first-order chi connectivity index (χ1) is 15.9. The number of rotatable bonds is 10. The van der Waals surface area contributed by atoms with Crippen LogP contribution >= 0.6 is 0 Å². The summed E-state index contributed by atoms with van der Waals surface area (Å²) < 4.78 is 26.7. The van der Waals surface area contributed by atoms with Gasteiger partial charge in [-0.3, -0.25) is 4.79 Å². The van der Waals surface area contributed by atoms with Gasteiger partial charge in [-0.1, -0.05) is 6.07 Å². The molecule has 9 heteroatoms. The number of amides is 1. The number of aliphatic carboxylic acids is 1. The molecule has 0 aliphatic carbocycles. The summed E-state index contributed by atoms with van der Waals surface area (Å²) in [7, 11) is 6.06. The van der Waals surface area contributed by atoms with Crippen LogP contribution in [-0.2, 0) is 11.2 Å². The molecular weight excluding hydrogens is 430 g/mol. The van der Waals surface area contributed by atoms with E-state index in [4.69, 9.17) is 23.4 Å². The van der Waals surface area contributed by atoms with Crippen LogP contribution in [0.25, 0.3) is 11.3 Å². The topological polar surface area (TPSA) is 116 Å². The maximum atomic E-state index is 12.7. The number of carbonyl (C=O) groups excluding carboxylic acids is 1. The van der Waals surface area contributed by atoms with Crippen LogP contribution in [-0.4, -0.2) is 51.5 Å². The summed E-state index contributed by atoms with van der Waals surface area (Å²) >= 11 is 0. The zero-order valence-electron chi connectivity index (χ0n) is 18.7. The summed E-state index contributed by atoms with van der Waals surface area (Å²) in [6, 6.07) is 12.1. The molecule has 0 radical (unpaired) electrons. The average molecular weight is 455 g/mol. The first-order valence-electron chi connectivity index (χ1n) is 9.97. The van der Waals surface area contributed by atoms with Crippen molar-refractivity contribution in [3.63, 3.8) is 0 Å². The zero-order valence-corrected chi connectivity index (χ0v) is 18.7. The van der Waals surface area contributed by atoms with Gasteiger partial charge in [0.1, 0.15) is 23.3 Å². The van der Waals surface area contributed by atoms with Crippen molar-refractivity contribution < 1.29 is 38.1 Å². The molecule has 33 heavy (non-hydrogen) atoms. The van der Waals surface area contributed by atoms with E-state index in [2.05, 4.69) is 5.32 Å². The molecule has 1 atom stereocenters. The van der Waals surface area contributed by atoms with Gasteiger partial charge in [0.25, 0.3) is 5.91 Å². The highest BCUT2D eigenvalue weighted by Gasteiger charge is 2.24. The number of ether oxygens (including phenoxy) is 4. The Kier molecular flexibility index (Phi) is 7.45.